The van der Waals surface area contributed by atoms with E-state index < -0.39 is 16.1 Å². The van der Waals surface area contributed by atoms with Gasteiger partial charge in [-0.2, -0.15) is 4.31 Å². The molecule has 7 heteroatoms. The maximum Gasteiger partial charge on any atom is 0.245 e. The number of nitrogens with one attached hydrogen (secondary N) is 1. The summed E-state index contributed by atoms with van der Waals surface area (Å²) in [6, 6.07) is 2.85. The summed E-state index contributed by atoms with van der Waals surface area (Å²) < 4.78 is 26.8. The molecule has 2 aromatic rings. The van der Waals surface area contributed by atoms with Crippen molar-refractivity contribution >= 4 is 27.3 Å². The smallest absolute Gasteiger partial charge is 0.245 e. The van der Waals surface area contributed by atoms with E-state index >= 15 is 0 Å². The quantitative estimate of drug-likeness (QED) is 0.865. The summed E-state index contributed by atoms with van der Waals surface area (Å²) in [4.78, 5) is 18.3. The lowest BCUT2D eigenvalue weighted by Gasteiger charge is -2.30. The molecule has 0 aromatic carbocycles. The molecule has 0 aliphatic carbocycles. The maximum atomic E-state index is 12.8. The second-order valence-electron chi connectivity index (χ2n) is 4.87. The third-order valence-corrected chi connectivity index (χ3v) is 5.62. The average Bonchev–Trinajstić information content (AvgIpc) is 2.92. The number of aromatic nitrogens is 2. The van der Waals surface area contributed by atoms with Crippen molar-refractivity contribution < 1.29 is 13.2 Å². The molecule has 1 fully saturated rings. The number of aromatic amines is 1. The van der Waals surface area contributed by atoms with Crippen molar-refractivity contribution in [3.05, 3.63) is 24.5 Å². The number of carbonyl (C=O) groups excluding carboxylic acids is 1. The fraction of sp³-hybridized carbons (Fsp3) is 0.385. The summed E-state index contributed by atoms with van der Waals surface area (Å²) in [7, 11) is -3.68. The van der Waals surface area contributed by atoms with Crippen molar-refractivity contribution in [1.82, 2.24) is 14.3 Å². The molecule has 20 heavy (non-hydrogen) atoms. The highest BCUT2D eigenvalue weighted by molar-refractivity contribution is 7.89. The third kappa shape index (κ3) is 2.03. The van der Waals surface area contributed by atoms with Crippen LogP contribution < -0.4 is 0 Å². The number of nitrogens with zero attached hydrogens (tertiary/aromatic N) is 2. The van der Waals surface area contributed by atoms with E-state index in [1.54, 1.807) is 18.3 Å². The lowest BCUT2D eigenvalue weighted by Crippen LogP contribution is -2.44. The molecule has 1 atom stereocenters. The Morgan fingerprint density at radius 3 is 3.05 bits per heavy atom. The summed E-state index contributed by atoms with van der Waals surface area (Å²) in [5.74, 6) is 0. The molecule has 3 rings (SSSR count). The molecule has 1 saturated heterocycles. The standard InChI is InChI=1S/C13H15N3O3S/c17-9-10-4-1-2-7-16(10)20(18,19)12-8-15-13-11(12)5-3-6-14-13/h3,5-6,8-10H,1-2,4,7H2,(H,14,15). The molecule has 0 bridgehead atoms. The molecule has 1 unspecified atom stereocenters. The molecule has 3 heterocycles. The van der Waals surface area contributed by atoms with Crippen LogP contribution in [0.1, 0.15) is 19.3 Å². The minimum Gasteiger partial charge on any atom is -0.345 e. The van der Waals surface area contributed by atoms with E-state index in [4.69, 9.17) is 0 Å². The van der Waals surface area contributed by atoms with Crippen LogP contribution in [-0.2, 0) is 14.8 Å². The van der Waals surface area contributed by atoms with E-state index in [-0.39, 0.29) is 4.90 Å². The normalized spacial score (nSPS) is 21.1. The van der Waals surface area contributed by atoms with Crippen LogP contribution in [0.3, 0.4) is 0 Å². The maximum absolute atomic E-state index is 12.8. The van der Waals surface area contributed by atoms with Crippen molar-refractivity contribution in [2.75, 3.05) is 6.54 Å². The van der Waals surface area contributed by atoms with Gasteiger partial charge in [-0.15, -0.1) is 0 Å². The largest absolute Gasteiger partial charge is 0.345 e. The fourth-order valence-corrected chi connectivity index (χ4v) is 4.42. The Hall–Kier alpha value is -1.73. The number of rotatable bonds is 3. The number of piperidine rings is 1. The second kappa shape index (κ2) is 4.99. The number of hydrogen-bond acceptors (Lipinski definition) is 4. The molecular weight excluding hydrogens is 278 g/mol. The average molecular weight is 293 g/mol. The van der Waals surface area contributed by atoms with Gasteiger partial charge in [0.25, 0.3) is 0 Å². The molecule has 0 saturated carbocycles. The van der Waals surface area contributed by atoms with Gasteiger partial charge in [0.05, 0.1) is 6.04 Å². The number of aldehydes is 1. The highest BCUT2D eigenvalue weighted by Crippen LogP contribution is 2.28. The number of pyridine rings is 1. The molecule has 6 nitrogen and oxygen atoms in total. The van der Waals surface area contributed by atoms with Gasteiger partial charge in [0.15, 0.2) is 0 Å². The molecule has 2 aromatic heterocycles. The lowest BCUT2D eigenvalue weighted by molar-refractivity contribution is -0.111. The summed E-state index contributed by atoms with van der Waals surface area (Å²) in [6.45, 7) is 0.388. The zero-order valence-electron chi connectivity index (χ0n) is 10.8. The van der Waals surface area contributed by atoms with Gasteiger partial charge in [-0.1, -0.05) is 6.42 Å². The lowest BCUT2D eigenvalue weighted by atomic mass is 10.1. The summed E-state index contributed by atoms with van der Waals surface area (Å²) in [5, 5.41) is 0.558. The van der Waals surface area contributed by atoms with E-state index in [2.05, 4.69) is 9.97 Å². The van der Waals surface area contributed by atoms with Gasteiger partial charge in [0.1, 0.15) is 16.8 Å². The molecule has 0 radical (unpaired) electrons. The van der Waals surface area contributed by atoms with Gasteiger partial charge < -0.3 is 9.78 Å². The fourth-order valence-electron chi connectivity index (χ4n) is 2.64. The van der Waals surface area contributed by atoms with Crippen LogP contribution in [0.15, 0.2) is 29.4 Å². The third-order valence-electron chi connectivity index (χ3n) is 3.66. The predicted molar refractivity (Wildman–Crippen MR) is 73.7 cm³/mol. The number of H-pyrrole nitrogens is 1. The van der Waals surface area contributed by atoms with Gasteiger partial charge >= 0.3 is 0 Å². The van der Waals surface area contributed by atoms with Crippen LogP contribution >= 0.6 is 0 Å². The number of hydrogen-bond donors (Lipinski definition) is 1. The van der Waals surface area contributed by atoms with Crippen molar-refractivity contribution in [2.24, 2.45) is 0 Å². The topological polar surface area (TPSA) is 83.1 Å². The number of sulfonamides is 1. The van der Waals surface area contributed by atoms with Crippen LogP contribution in [0, 0.1) is 0 Å². The van der Waals surface area contributed by atoms with Crippen molar-refractivity contribution in [1.29, 1.82) is 0 Å². The molecule has 1 aliphatic rings. The summed E-state index contributed by atoms with van der Waals surface area (Å²) in [5.41, 5.74) is 0.533. The molecule has 1 aliphatic heterocycles. The zero-order chi connectivity index (χ0) is 14.2. The first-order valence-electron chi connectivity index (χ1n) is 6.54. The molecule has 0 spiro atoms. The SMILES string of the molecule is O=CC1CCCCN1S(=O)(=O)c1c[nH]c2ncccc12. The predicted octanol–water partition coefficient (Wildman–Crippen LogP) is 1.30. The Bertz CT molecular complexity index is 738. The molecular formula is C13H15N3O3S. The first-order valence-corrected chi connectivity index (χ1v) is 7.98. The van der Waals surface area contributed by atoms with E-state index in [1.807, 2.05) is 0 Å². The Kier molecular flexibility index (Phi) is 3.31. The van der Waals surface area contributed by atoms with Crippen LogP contribution in [-0.4, -0.2) is 41.6 Å². The minimum atomic E-state index is -3.68. The Morgan fingerprint density at radius 2 is 2.25 bits per heavy atom. The van der Waals surface area contributed by atoms with Crippen LogP contribution in [0.25, 0.3) is 11.0 Å². The number of fused-ring (bicyclic) bond motifs is 1. The Balaban J connectivity index is 2.09. The van der Waals surface area contributed by atoms with Crippen LogP contribution in [0.2, 0.25) is 0 Å². The monoisotopic (exact) mass is 293 g/mol. The van der Waals surface area contributed by atoms with Crippen molar-refractivity contribution in [3.63, 3.8) is 0 Å². The molecule has 1 N–H and O–H groups in total. The number of carbonyl (C=O) groups is 1. The van der Waals surface area contributed by atoms with E-state index in [9.17, 15) is 13.2 Å². The first kappa shape index (κ1) is 13.3. The molecule has 106 valence electrons. The van der Waals surface area contributed by atoms with E-state index in [1.165, 1.54) is 10.5 Å². The summed E-state index contributed by atoms with van der Waals surface area (Å²) in [6.07, 6.45) is 6.02. The van der Waals surface area contributed by atoms with Crippen molar-refractivity contribution in [3.8, 4) is 0 Å². The Labute approximate surface area is 116 Å². The van der Waals surface area contributed by atoms with E-state index in [0.717, 1.165) is 19.1 Å². The highest BCUT2D eigenvalue weighted by atomic mass is 32.2. The minimum absolute atomic E-state index is 0.189. The molecule has 0 amide bonds. The first-order chi connectivity index (χ1) is 9.64. The van der Waals surface area contributed by atoms with Gasteiger partial charge in [0.2, 0.25) is 10.0 Å². The van der Waals surface area contributed by atoms with Gasteiger partial charge in [0, 0.05) is 24.3 Å². The zero-order valence-corrected chi connectivity index (χ0v) is 11.6. The van der Waals surface area contributed by atoms with E-state index in [0.29, 0.717) is 24.0 Å². The van der Waals surface area contributed by atoms with Gasteiger partial charge in [-0.25, -0.2) is 13.4 Å². The summed E-state index contributed by atoms with van der Waals surface area (Å²) >= 11 is 0. The van der Waals surface area contributed by atoms with Crippen LogP contribution in [0.5, 0.6) is 0 Å². The Morgan fingerprint density at radius 1 is 1.40 bits per heavy atom. The van der Waals surface area contributed by atoms with Gasteiger partial charge in [-0.3, -0.25) is 0 Å². The highest BCUT2D eigenvalue weighted by Gasteiger charge is 2.34. The van der Waals surface area contributed by atoms with Crippen LogP contribution in [0.4, 0.5) is 0 Å². The second-order valence-corrected chi connectivity index (χ2v) is 6.73. The van der Waals surface area contributed by atoms with Crippen molar-refractivity contribution in [2.45, 2.75) is 30.2 Å². The van der Waals surface area contributed by atoms with Gasteiger partial charge in [-0.05, 0) is 25.0 Å².